The molecule has 0 aliphatic rings. The predicted molar refractivity (Wildman–Crippen MR) is 56.1 cm³/mol. The van der Waals surface area contributed by atoms with E-state index in [0.29, 0.717) is 18.2 Å². The van der Waals surface area contributed by atoms with E-state index in [-0.39, 0.29) is 0 Å². The number of rotatable bonds is 3. The second kappa shape index (κ2) is 5.48. The van der Waals surface area contributed by atoms with Crippen molar-refractivity contribution in [2.75, 3.05) is 0 Å². The first-order chi connectivity index (χ1) is 9.25. The maximum absolute atomic E-state index is 13.0. The summed E-state index contributed by atoms with van der Waals surface area (Å²) in [6.07, 6.45) is -11.0. The highest BCUT2D eigenvalue weighted by Crippen LogP contribution is 2.44. The van der Waals surface area contributed by atoms with Gasteiger partial charge in [-0.3, -0.25) is 0 Å². The molecule has 2 N–H and O–H groups in total. The van der Waals surface area contributed by atoms with Crippen LogP contribution in [0.1, 0.15) is 11.6 Å². The molecule has 21 heavy (non-hydrogen) atoms. The van der Waals surface area contributed by atoms with Crippen LogP contribution in [0.2, 0.25) is 5.02 Å². The highest BCUT2D eigenvalue weighted by Gasteiger charge is 2.61. The number of benzene rings is 1. The van der Waals surface area contributed by atoms with E-state index in [2.05, 4.69) is 4.74 Å². The zero-order valence-electron chi connectivity index (χ0n) is 9.70. The fraction of sp³-hybridized carbons (Fsp3) is 0.400. The number of ether oxygens (including phenoxy) is 1. The van der Waals surface area contributed by atoms with Crippen molar-refractivity contribution in [3.05, 3.63) is 28.8 Å². The van der Waals surface area contributed by atoms with Crippen LogP contribution in [0.25, 0.3) is 0 Å². The van der Waals surface area contributed by atoms with Gasteiger partial charge in [0.15, 0.2) is 0 Å². The monoisotopic (exact) mass is 343 g/mol. The summed E-state index contributed by atoms with van der Waals surface area (Å²) in [6.45, 7) is 0. The van der Waals surface area contributed by atoms with Gasteiger partial charge in [0, 0.05) is 0 Å². The minimum absolute atomic E-state index is 0.451. The Morgan fingerprint density at radius 3 is 1.90 bits per heavy atom. The molecule has 0 unspecified atom stereocenters. The van der Waals surface area contributed by atoms with Gasteiger partial charge in [-0.15, -0.1) is 13.2 Å². The maximum Gasteiger partial charge on any atom is 0.573 e. The van der Waals surface area contributed by atoms with Crippen LogP contribution in [-0.4, -0.2) is 18.5 Å². The smallest absolute Gasteiger partial charge is 0.404 e. The van der Waals surface area contributed by atoms with Crippen molar-refractivity contribution < 1.29 is 39.9 Å². The minimum Gasteiger partial charge on any atom is -0.404 e. The number of hydrogen-bond acceptors (Lipinski definition) is 2. The van der Waals surface area contributed by atoms with Gasteiger partial charge in [0.25, 0.3) is 0 Å². The molecule has 0 aliphatic heterocycles. The van der Waals surface area contributed by atoms with Gasteiger partial charge in [-0.25, -0.2) is 0 Å². The zero-order valence-corrected chi connectivity index (χ0v) is 10.5. The van der Waals surface area contributed by atoms with Crippen molar-refractivity contribution in [1.82, 2.24) is 0 Å². The van der Waals surface area contributed by atoms with Crippen LogP contribution < -0.4 is 10.5 Å². The van der Waals surface area contributed by atoms with Crippen LogP contribution in [-0.2, 0) is 0 Å². The van der Waals surface area contributed by atoms with Gasteiger partial charge < -0.3 is 10.5 Å². The summed E-state index contributed by atoms with van der Waals surface area (Å²) in [5.74, 6) is -6.22. The van der Waals surface area contributed by atoms with Crippen molar-refractivity contribution in [3.63, 3.8) is 0 Å². The summed E-state index contributed by atoms with van der Waals surface area (Å²) in [7, 11) is 0. The van der Waals surface area contributed by atoms with Gasteiger partial charge in [-0.05, 0) is 17.7 Å². The first-order valence-electron chi connectivity index (χ1n) is 5.01. The largest absolute Gasteiger partial charge is 0.573 e. The second-order valence-electron chi connectivity index (χ2n) is 3.84. The molecule has 0 saturated carbocycles. The lowest BCUT2D eigenvalue weighted by atomic mass is 10.0. The predicted octanol–water partition coefficient (Wildman–Crippen LogP) is 4.44. The number of nitrogens with two attached hydrogens (primary N) is 1. The van der Waals surface area contributed by atoms with Gasteiger partial charge in [0.1, 0.15) is 11.8 Å². The topological polar surface area (TPSA) is 35.2 Å². The summed E-state index contributed by atoms with van der Waals surface area (Å²) in [5, 5.41) is -0.807. The molecule has 1 aromatic rings. The molecule has 1 atom stereocenters. The zero-order chi connectivity index (χ0) is 16.6. The first kappa shape index (κ1) is 17.8. The molecule has 0 heterocycles. The first-order valence-corrected chi connectivity index (χ1v) is 5.39. The summed E-state index contributed by atoms with van der Waals surface area (Å²) in [6, 6.07) is -1.34. The average Bonchev–Trinajstić information content (AvgIpc) is 2.27. The Balaban J connectivity index is 3.09. The van der Waals surface area contributed by atoms with E-state index in [9.17, 15) is 35.1 Å². The molecule has 1 aromatic carbocycles. The molecule has 0 spiro atoms. The van der Waals surface area contributed by atoms with Crippen molar-refractivity contribution >= 4 is 11.6 Å². The molecular formula is C10H6ClF8NO. The summed E-state index contributed by atoms with van der Waals surface area (Å²) in [4.78, 5) is 0. The van der Waals surface area contributed by atoms with Gasteiger partial charge >= 0.3 is 18.5 Å². The highest BCUT2D eigenvalue weighted by molar-refractivity contribution is 6.32. The Kier molecular flexibility index (Phi) is 4.64. The lowest BCUT2D eigenvalue weighted by Gasteiger charge is -2.26. The third-order valence-corrected chi connectivity index (χ3v) is 2.60. The van der Waals surface area contributed by atoms with Crippen LogP contribution in [0, 0.1) is 0 Å². The van der Waals surface area contributed by atoms with Crippen molar-refractivity contribution in [3.8, 4) is 5.75 Å². The van der Waals surface area contributed by atoms with Gasteiger partial charge in [0.05, 0.1) is 5.02 Å². The Morgan fingerprint density at radius 2 is 1.52 bits per heavy atom. The van der Waals surface area contributed by atoms with E-state index < -0.39 is 40.8 Å². The molecule has 0 radical (unpaired) electrons. The van der Waals surface area contributed by atoms with Crippen molar-refractivity contribution in [1.29, 1.82) is 0 Å². The third-order valence-electron chi connectivity index (χ3n) is 2.31. The summed E-state index contributed by atoms with van der Waals surface area (Å²) < 4.78 is 102. The Labute approximate surface area is 117 Å². The van der Waals surface area contributed by atoms with E-state index in [0.717, 1.165) is 0 Å². The van der Waals surface area contributed by atoms with Crippen molar-refractivity contribution in [2.45, 2.75) is 24.5 Å². The molecular weight excluding hydrogens is 338 g/mol. The van der Waals surface area contributed by atoms with Crippen molar-refractivity contribution in [2.24, 2.45) is 5.73 Å². The molecule has 2 nitrogen and oxygen atoms in total. The van der Waals surface area contributed by atoms with E-state index in [1.54, 1.807) is 0 Å². The average molecular weight is 344 g/mol. The highest BCUT2D eigenvalue weighted by atomic mass is 35.5. The minimum atomic E-state index is -5.92. The molecule has 120 valence electrons. The van der Waals surface area contributed by atoms with E-state index in [1.807, 2.05) is 0 Å². The molecule has 1 rings (SSSR count). The molecule has 0 bridgehead atoms. The van der Waals surface area contributed by atoms with Crippen LogP contribution >= 0.6 is 11.6 Å². The molecule has 11 heteroatoms. The number of hydrogen-bond donors (Lipinski definition) is 1. The Hall–Kier alpha value is -1.29. The molecule has 0 fully saturated rings. The normalized spacial score (nSPS) is 15.0. The van der Waals surface area contributed by atoms with E-state index in [1.165, 1.54) is 0 Å². The van der Waals surface area contributed by atoms with Gasteiger partial charge in [0.2, 0.25) is 0 Å². The molecule has 0 aliphatic carbocycles. The fourth-order valence-electron chi connectivity index (χ4n) is 1.30. The summed E-state index contributed by atoms with van der Waals surface area (Å²) >= 11 is 5.34. The standard InChI is InChI=1S/C10H6ClF8NO/c11-5-3-4(1-2-6(5)21-10(17,18)19)7(20)8(12,13)9(14,15)16/h1-3,7H,20H2/t7-/m1/s1. The Morgan fingerprint density at radius 1 is 1.00 bits per heavy atom. The lowest BCUT2D eigenvalue weighted by Crippen LogP contribution is -2.45. The molecule has 0 saturated heterocycles. The summed E-state index contributed by atoms with van der Waals surface area (Å²) in [5.41, 5.74) is 4.02. The van der Waals surface area contributed by atoms with Crippen LogP contribution in [0.3, 0.4) is 0 Å². The van der Waals surface area contributed by atoms with Crippen LogP contribution in [0.5, 0.6) is 5.75 Å². The third kappa shape index (κ3) is 4.10. The maximum atomic E-state index is 13.0. The quantitative estimate of drug-likeness (QED) is 0.824. The fourth-order valence-corrected chi connectivity index (χ4v) is 1.53. The van der Waals surface area contributed by atoms with Gasteiger partial charge in [-0.2, -0.15) is 22.0 Å². The second-order valence-corrected chi connectivity index (χ2v) is 4.24. The van der Waals surface area contributed by atoms with Crippen LogP contribution in [0.4, 0.5) is 35.1 Å². The van der Waals surface area contributed by atoms with Crippen LogP contribution in [0.15, 0.2) is 18.2 Å². The van der Waals surface area contributed by atoms with E-state index >= 15 is 0 Å². The SMILES string of the molecule is N[C@H](c1ccc(OC(F)(F)F)c(Cl)c1)C(F)(F)C(F)(F)F. The number of halogens is 9. The van der Waals surface area contributed by atoms with E-state index in [4.69, 9.17) is 17.3 Å². The Bertz CT molecular complexity index is 513. The van der Waals surface area contributed by atoms with Gasteiger partial charge in [-0.1, -0.05) is 17.7 Å². The number of alkyl halides is 8. The molecule has 0 aromatic heterocycles. The molecule has 0 amide bonds. The lowest BCUT2D eigenvalue weighted by molar-refractivity contribution is -0.291.